The Morgan fingerprint density at radius 1 is 0.311 bits per heavy atom. The predicted octanol–water partition coefficient (Wildman–Crippen LogP) is 10.6. The van der Waals surface area contributed by atoms with Gasteiger partial charge in [0.05, 0.1) is 5.56 Å². The van der Waals surface area contributed by atoms with Crippen LogP contribution in [0, 0.1) is 0 Å². The zero-order valence-electron chi connectivity index (χ0n) is 23.7. The Hall–Kier alpha value is -6.27. The van der Waals surface area contributed by atoms with E-state index < -0.39 is 0 Å². The molecule has 4 aromatic heterocycles. The molecule has 0 spiro atoms. The topological polar surface area (TPSA) is 78.1 Å². The van der Waals surface area contributed by atoms with Crippen molar-refractivity contribution in [3.8, 4) is 34.2 Å². The molecule has 0 radical (unpaired) electrons. The minimum Gasteiger partial charge on any atom is -0.456 e. The highest BCUT2D eigenvalue weighted by atomic mass is 16.3. The molecule has 0 amide bonds. The molecule has 0 bridgehead atoms. The maximum atomic E-state index is 6.43. The minimum absolute atomic E-state index is 0.522. The van der Waals surface area contributed by atoms with E-state index in [2.05, 4.69) is 24.3 Å². The van der Waals surface area contributed by atoms with Crippen molar-refractivity contribution in [3.63, 3.8) is 0 Å². The number of hydrogen-bond donors (Lipinski definition) is 0. The molecular weight excluding hydrogens is 558 g/mol. The lowest BCUT2D eigenvalue weighted by Gasteiger charge is -2.10. The van der Waals surface area contributed by atoms with Crippen LogP contribution in [-0.2, 0) is 0 Å². The number of aromatic nitrogens is 3. The van der Waals surface area contributed by atoms with Crippen LogP contribution in [0.15, 0.2) is 141 Å². The van der Waals surface area contributed by atoms with Crippen LogP contribution in [0.2, 0.25) is 0 Å². The van der Waals surface area contributed by atoms with Crippen molar-refractivity contribution < 1.29 is 13.3 Å². The van der Waals surface area contributed by atoms with Gasteiger partial charge in [0.1, 0.15) is 33.5 Å². The molecular formula is C39H21N3O3. The Bertz CT molecular complexity index is 2650. The lowest BCUT2D eigenvalue weighted by Crippen LogP contribution is -2.01. The second-order valence-corrected chi connectivity index (χ2v) is 11.1. The van der Waals surface area contributed by atoms with Gasteiger partial charge in [-0.15, -0.1) is 0 Å². The molecule has 0 saturated carbocycles. The van der Waals surface area contributed by atoms with E-state index >= 15 is 0 Å². The first-order valence-corrected chi connectivity index (χ1v) is 14.8. The van der Waals surface area contributed by atoms with Gasteiger partial charge in [-0.2, -0.15) is 0 Å². The van der Waals surface area contributed by atoms with Crippen LogP contribution in [0.5, 0.6) is 0 Å². The van der Waals surface area contributed by atoms with E-state index in [4.69, 9.17) is 28.2 Å². The average Bonchev–Trinajstić information content (AvgIpc) is 3.79. The van der Waals surface area contributed by atoms with Crippen LogP contribution in [0.3, 0.4) is 0 Å². The summed E-state index contributed by atoms with van der Waals surface area (Å²) in [6.45, 7) is 0. The molecule has 0 saturated heterocycles. The van der Waals surface area contributed by atoms with Crippen LogP contribution in [-0.4, -0.2) is 15.0 Å². The summed E-state index contributed by atoms with van der Waals surface area (Å²) in [4.78, 5) is 15.4. The van der Waals surface area contributed by atoms with Gasteiger partial charge < -0.3 is 13.3 Å². The molecule has 0 aliphatic heterocycles. The standard InChI is InChI=1S/C39H21N3O3/c1-4-17-29-22(10-1)23-13-7-16-28(36(23)45-29)39-41-37(26-14-8-20-32-34(26)24-11-2-5-18-30(24)43-32)40-38(42-39)27-15-9-21-33-35(27)25-12-3-6-19-31(25)44-33/h1-21H. The minimum atomic E-state index is 0.522. The van der Waals surface area contributed by atoms with Gasteiger partial charge in [-0.3, -0.25) is 0 Å². The van der Waals surface area contributed by atoms with Crippen LogP contribution < -0.4 is 0 Å². The maximum Gasteiger partial charge on any atom is 0.167 e. The highest BCUT2D eigenvalue weighted by Crippen LogP contribution is 2.40. The third-order valence-electron chi connectivity index (χ3n) is 8.57. The van der Waals surface area contributed by atoms with Gasteiger partial charge in [-0.05, 0) is 36.4 Å². The van der Waals surface area contributed by atoms with Crippen molar-refractivity contribution in [1.82, 2.24) is 15.0 Å². The third-order valence-corrected chi connectivity index (χ3v) is 8.57. The summed E-state index contributed by atoms with van der Waals surface area (Å²) >= 11 is 0. The molecule has 45 heavy (non-hydrogen) atoms. The van der Waals surface area contributed by atoms with E-state index in [-0.39, 0.29) is 0 Å². The third kappa shape index (κ3) is 3.53. The normalized spacial score (nSPS) is 12.0. The fraction of sp³-hybridized carbons (Fsp3) is 0. The second-order valence-electron chi connectivity index (χ2n) is 11.1. The highest BCUT2D eigenvalue weighted by molar-refractivity contribution is 6.14. The van der Waals surface area contributed by atoms with Crippen LogP contribution in [0.4, 0.5) is 0 Å². The Kier molecular flexibility index (Phi) is 4.90. The second kappa shape index (κ2) is 9.11. The zero-order valence-corrected chi connectivity index (χ0v) is 23.7. The lowest BCUT2D eigenvalue weighted by molar-refractivity contribution is 0.668. The molecule has 6 heteroatoms. The van der Waals surface area contributed by atoms with Crippen LogP contribution in [0.1, 0.15) is 0 Å². The van der Waals surface area contributed by atoms with Gasteiger partial charge in [-0.1, -0.05) is 91.0 Å². The number of hydrogen-bond acceptors (Lipinski definition) is 6. The number of benzene rings is 6. The molecule has 0 atom stereocenters. The van der Waals surface area contributed by atoms with Crippen molar-refractivity contribution in [1.29, 1.82) is 0 Å². The first kappa shape index (κ1) is 24.2. The Balaban J connectivity index is 1.31. The van der Waals surface area contributed by atoms with Crippen molar-refractivity contribution >= 4 is 65.8 Å². The van der Waals surface area contributed by atoms with E-state index in [1.807, 2.05) is 103 Å². The molecule has 210 valence electrons. The first-order chi connectivity index (χ1) is 22.3. The van der Waals surface area contributed by atoms with Crippen molar-refractivity contribution in [3.05, 3.63) is 127 Å². The molecule has 10 rings (SSSR count). The SMILES string of the molecule is c1ccc2c(c1)oc1c(-c3nc(-c4cccc5oc6ccccc6c45)nc(-c4cccc5oc6ccccc6c45)n3)cccc12. The lowest BCUT2D eigenvalue weighted by atomic mass is 10.0. The van der Waals surface area contributed by atoms with Gasteiger partial charge in [-0.25, -0.2) is 15.0 Å². The Labute approximate surface area is 255 Å². The summed E-state index contributed by atoms with van der Waals surface area (Å²) in [5.74, 6) is 1.62. The van der Waals surface area contributed by atoms with E-state index in [1.165, 1.54) is 0 Å². The number of rotatable bonds is 3. The van der Waals surface area contributed by atoms with Gasteiger partial charge in [0.25, 0.3) is 0 Å². The quantitative estimate of drug-likeness (QED) is 0.207. The number of para-hydroxylation sites is 4. The molecule has 10 aromatic rings. The summed E-state index contributed by atoms with van der Waals surface area (Å²) in [6.07, 6.45) is 0. The number of fused-ring (bicyclic) bond motifs is 9. The number of nitrogens with zero attached hydrogens (tertiary/aromatic N) is 3. The molecule has 4 heterocycles. The van der Waals surface area contributed by atoms with E-state index in [0.717, 1.165) is 82.5 Å². The van der Waals surface area contributed by atoms with E-state index in [9.17, 15) is 0 Å². The average molecular weight is 580 g/mol. The van der Waals surface area contributed by atoms with Gasteiger partial charge >= 0.3 is 0 Å². The molecule has 6 aromatic carbocycles. The molecule has 0 N–H and O–H groups in total. The summed E-state index contributed by atoms with van der Waals surface area (Å²) < 4.78 is 18.9. The summed E-state index contributed by atoms with van der Waals surface area (Å²) in [5, 5.41) is 6.00. The van der Waals surface area contributed by atoms with Crippen molar-refractivity contribution in [2.45, 2.75) is 0 Å². The summed E-state index contributed by atoms with van der Waals surface area (Å²) in [5.41, 5.74) is 7.26. The van der Waals surface area contributed by atoms with Crippen LogP contribution >= 0.6 is 0 Å². The Morgan fingerprint density at radius 3 is 1.29 bits per heavy atom. The van der Waals surface area contributed by atoms with E-state index in [0.29, 0.717) is 17.5 Å². The smallest absolute Gasteiger partial charge is 0.167 e. The zero-order chi connectivity index (χ0) is 29.5. The van der Waals surface area contributed by atoms with Crippen molar-refractivity contribution in [2.24, 2.45) is 0 Å². The van der Waals surface area contributed by atoms with Crippen LogP contribution in [0.25, 0.3) is 100.0 Å². The Morgan fingerprint density at radius 2 is 0.711 bits per heavy atom. The fourth-order valence-corrected chi connectivity index (χ4v) is 6.58. The fourth-order valence-electron chi connectivity index (χ4n) is 6.58. The molecule has 0 unspecified atom stereocenters. The molecule has 0 aliphatic carbocycles. The largest absolute Gasteiger partial charge is 0.456 e. The highest BCUT2D eigenvalue weighted by Gasteiger charge is 2.22. The van der Waals surface area contributed by atoms with Gasteiger partial charge in [0, 0.05) is 43.4 Å². The summed E-state index contributed by atoms with van der Waals surface area (Å²) in [6, 6.07) is 42.3. The first-order valence-electron chi connectivity index (χ1n) is 14.8. The molecule has 0 aliphatic rings. The van der Waals surface area contributed by atoms with Gasteiger partial charge in [0.15, 0.2) is 17.5 Å². The molecule has 6 nitrogen and oxygen atoms in total. The monoisotopic (exact) mass is 579 g/mol. The predicted molar refractivity (Wildman–Crippen MR) is 178 cm³/mol. The van der Waals surface area contributed by atoms with Crippen molar-refractivity contribution in [2.75, 3.05) is 0 Å². The maximum absolute atomic E-state index is 6.43. The number of furan rings is 3. The summed E-state index contributed by atoms with van der Waals surface area (Å²) in [7, 11) is 0. The van der Waals surface area contributed by atoms with Gasteiger partial charge in [0.2, 0.25) is 0 Å². The molecule has 0 fully saturated rings. The van der Waals surface area contributed by atoms with E-state index in [1.54, 1.807) is 0 Å².